The van der Waals surface area contributed by atoms with Crippen LogP contribution in [0, 0.1) is 0 Å². The number of carboxylic acid groups (broad SMARTS) is 1. The zero-order valence-electron chi connectivity index (χ0n) is 16.1. The quantitative estimate of drug-likeness (QED) is 0.369. The lowest BCUT2D eigenvalue weighted by Crippen LogP contribution is -2.27. The Kier molecular flexibility index (Phi) is 7.18. The number of aryl methyl sites for hydroxylation is 2. The fourth-order valence-electron chi connectivity index (χ4n) is 2.85. The van der Waals surface area contributed by atoms with Crippen LogP contribution in [0.15, 0.2) is 34.1 Å². The molecule has 0 bridgehead atoms. The van der Waals surface area contributed by atoms with E-state index in [1.165, 1.54) is 17.5 Å². The maximum absolute atomic E-state index is 12.1. The number of aromatic nitrogens is 5. The molecule has 162 valence electrons. The van der Waals surface area contributed by atoms with E-state index >= 15 is 0 Å². The molecule has 0 spiro atoms. The summed E-state index contributed by atoms with van der Waals surface area (Å²) in [5, 5.41) is 18.8. The van der Waals surface area contributed by atoms with Crippen molar-refractivity contribution < 1.29 is 18.3 Å². The normalized spacial score (nSPS) is 11.7. The largest absolute Gasteiger partial charge is 0.464 e. The molecule has 0 aliphatic rings. The highest BCUT2D eigenvalue weighted by Crippen LogP contribution is 2.15. The molecule has 3 aromatic heterocycles. The number of nitrogen functional groups attached to an aromatic ring is 1. The van der Waals surface area contributed by atoms with E-state index in [2.05, 4.69) is 20.0 Å². The summed E-state index contributed by atoms with van der Waals surface area (Å²) in [6.45, 7) is 0.625. The Morgan fingerprint density at radius 2 is 1.97 bits per heavy atom. The van der Waals surface area contributed by atoms with Crippen molar-refractivity contribution in [1.29, 1.82) is 0 Å². The van der Waals surface area contributed by atoms with Gasteiger partial charge in [0.25, 0.3) is 0 Å². The third-order valence-corrected chi connectivity index (χ3v) is 7.19. The smallest absolute Gasteiger partial charge is 0.418 e. The number of sulfonamides is 1. The van der Waals surface area contributed by atoms with Crippen LogP contribution in [0.4, 0.5) is 10.7 Å². The van der Waals surface area contributed by atoms with E-state index in [4.69, 9.17) is 10.8 Å². The Hall–Kier alpha value is -2.77. The van der Waals surface area contributed by atoms with Crippen LogP contribution in [0.5, 0.6) is 0 Å². The molecule has 0 radical (unpaired) electrons. The van der Waals surface area contributed by atoms with E-state index in [0.29, 0.717) is 22.9 Å². The number of hydrogen-bond acceptors (Lipinski definition) is 8. The highest BCUT2D eigenvalue weighted by atomic mass is 32.2. The standard InChI is InChI=1S/C17H23N7O4S2/c18-16-20-13(12-24(16)17(25)26)5-2-1-3-6-14-11-23(22-21-14)9-8-19-30(27,28)15-7-4-10-29-15/h4,7,10-12,19H,1-3,5-6,8-9H2,(H2,18,20)(H,25,26). The molecule has 0 saturated heterocycles. The van der Waals surface area contributed by atoms with Crippen molar-refractivity contribution >= 4 is 33.4 Å². The van der Waals surface area contributed by atoms with Gasteiger partial charge < -0.3 is 10.8 Å². The van der Waals surface area contributed by atoms with Gasteiger partial charge in [0.05, 0.1) is 17.9 Å². The SMILES string of the molecule is Nc1nc(CCCCCc2cn(CCNS(=O)(=O)c3cccs3)nn2)cn1C(=O)O. The molecule has 0 saturated carbocycles. The summed E-state index contributed by atoms with van der Waals surface area (Å²) in [7, 11) is -3.47. The highest BCUT2D eigenvalue weighted by Gasteiger charge is 2.14. The van der Waals surface area contributed by atoms with Crippen molar-refractivity contribution in [1.82, 2.24) is 29.3 Å². The second-order valence-electron chi connectivity index (χ2n) is 6.61. The number of nitrogens with zero attached hydrogens (tertiary/aromatic N) is 5. The lowest BCUT2D eigenvalue weighted by atomic mass is 10.1. The summed E-state index contributed by atoms with van der Waals surface area (Å²) >= 11 is 1.17. The third-order valence-electron chi connectivity index (χ3n) is 4.33. The van der Waals surface area contributed by atoms with Gasteiger partial charge >= 0.3 is 6.09 Å². The average molecular weight is 454 g/mol. The Morgan fingerprint density at radius 1 is 1.20 bits per heavy atom. The zero-order valence-corrected chi connectivity index (χ0v) is 17.8. The van der Waals surface area contributed by atoms with Crippen molar-refractivity contribution in [2.45, 2.75) is 42.9 Å². The van der Waals surface area contributed by atoms with Crippen molar-refractivity contribution in [2.75, 3.05) is 12.3 Å². The van der Waals surface area contributed by atoms with Crippen LogP contribution in [0.2, 0.25) is 0 Å². The van der Waals surface area contributed by atoms with Gasteiger partial charge in [-0.05, 0) is 37.1 Å². The first-order valence-corrected chi connectivity index (χ1v) is 11.7. The molecule has 0 aliphatic heterocycles. The number of unbranched alkanes of at least 4 members (excludes halogenated alkanes) is 2. The molecule has 3 rings (SSSR count). The minimum atomic E-state index is -3.47. The van der Waals surface area contributed by atoms with E-state index in [-0.39, 0.29) is 12.5 Å². The van der Waals surface area contributed by atoms with Gasteiger partial charge in [0.15, 0.2) is 0 Å². The lowest BCUT2D eigenvalue weighted by Gasteiger charge is -2.04. The van der Waals surface area contributed by atoms with Crippen LogP contribution in [-0.4, -0.2) is 50.7 Å². The second-order valence-corrected chi connectivity index (χ2v) is 9.55. The van der Waals surface area contributed by atoms with E-state index in [1.807, 2.05) is 6.20 Å². The maximum Gasteiger partial charge on any atom is 0.418 e. The number of carbonyl (C=O) groups is 1. The van der Waals surface area contributed by atoms with Crippen LogP contribution < -0.4 is 10.5 Å². The number of nitrogens with one attached hydrogen (secondary N) is 1. The molecule has 0 unspecified atom stereocenters. The third kappa shape index (κ3) is 5.87. The first kappa shape index (κ1) is 21.9. The highest BCUT2D eigenvalue weighted by molar-refractivity contribution is 7.91. The molecule has 0 aromatic carbocycles. The average Bonchev–Trinajstić information content (AvgIpc) is 3.42. The molecule has 3 heterocycles. The van der Waals surface area contributed by atoms with Gasteiger partial charge in [-0.3, -0.25) is 4.68 Å². The number of thiophene rings is 1. The predicted octanol–water partition coefficient (Wildman–Crippen LogP) is 1.58. The number of imidazole rings is 1. The molecule has 11 nitrogen and oxygen atoms in total. The summed E-state index contributed by atoms with van der Waals surface area (Å²) in [6, 6.07) is 3.26. The number of anilines is 1. The molecule has 0 amide bonds. The minimum Gasteiger partial charge on any atom is -0.464 e. The molecular formula is C17H23N7O4S2. The molecule has 13 heteroatoms. The number of hydrogen-bond donors (Lipinski definition) is 3. The first-order chi connectivity index (χ1) is 14.3. The summed E-state index contributed by atoms with van der Waals surface area (Å²) < 4.78 is 29.5. The fraction of sp³-hybridized carbons (Fsp3) is 0.412. The molecule has 3 aromatic rings. The monoisotopic (exact) mass is 453 g/mol. The molecular weight excluding hydrogens is 430 g/mol. The molecule has 30 heavy (non-hydrogen) atoms. The van der Waals surface area contributed by atoms with Crippen molar-refractivity contribution in [2.24, 2.45) is 0 Å². The van der Waals surface area contributed by atoms with Gasteiger partial charge in [-0.1, -0.05) is 17.7 Å². The zero-order chi connectivity index (χ0) is 21.6. The van der Waals surface area contributed by atoms with Gasteiger partial charge in [-0.25, -0.2) is 27.5 Å². The fourth-order valence-corrected chi connectivity index (χ4v) is 4.91. The maximum atomic E-state index is 12.1. The second kappa shape index (κ2) is 9.82. The van der Waals surface area contributed by atoms with Gasteiger partial charge in [-0.15, -0.1) is 16.4 Å². The summed E-state index contributed by atoms with van der Waals surface area (Å²) in [6.07, 6.45) is 6.20. The first-order valence-electron chi connectivity index (χ1n) is 9.34. The van der Waals surface area contributed by atoms with Crippen LogP contribution in [0.3, 0.4) is 0 Å². The van der Waals surface area contributed by atoms with E-state index in [0.717, 1.165) is 35.9 Å². The minimum absolute atomic E-state index is 0.0215. The topological polar surface area (TPSA) is 158 Å². The van der Waals surface area contributed by atoms with Crippen LogP contribution >= 0.6 is 11.3 Å². The van der Waals surface area contributed by atoms with Crippen LogP contribution in [0.25, 0.3) is 0 Å². The van der Waals surface area contributed by atoms with Crippen LogP contribution in [-0.2, 0) is 29.4 Å². The van der Waals surface area contributed by atoms with Crippen molar-refractivity contribution in [3.05, 3.63) is 41.3 Å². The Labute approximate surface area is 177 Å². The number of rotatable bonds is 11. The van der Waals surface area contributed by atoms with E-state index in [1.54, 1.807) is 22.2 Å². The van der Waals surface area contributed by atoms with Gasteiger partial charge in [0.2, 0.25) is 16.0 Å². The van der Waals surface area contributed by atoms with Crippen molar-refractivity contribution in [3.63, 3.8) is 0 Å². The predicted molar refractivity (Wildman–Crippen MR) is 111 cm³/mol. The molecule has 0 atom stereocenters. The Bertz CT molecular complexity index is 1070. The van der Waals surface area contributed by atoms with Crippen LogP contribution in [0.1, 0.15) is 30.7 Å². The van der Waals surface area contributed by atoms with Gasteiger partial charge in [0.1, 0.15) is 4.21 Å². The Balaban J connectivity index is 1.34. The van der Waals surface area contributed by atoms with E-state index in [9.17, 15) is 13.2 Å². The molecule has 4 N–H and O–H groups in total. The summed E-state index contributed by atoms with van der Waals surface area (Å²) in [4.78, 5) is 15.0. The number of nitrogens with two attached hydrogens (primary N) is 1. The van der Waals surface area contributed by atoms with E-state index < -0.39 is 16.1 Å². The Morgan fingerprint density at radius 3 is 2.63 bits per heavy atom. The van der Waals surface area contributed by atoms with Gasteiger partial charge in [-0.2, -0.15) is 0 Å². The van der Waals surface area contributed by atoms with Crippen molar-refractivity contribution in [3.8, 4) is 0 Å². The summed E-state index contributed by atoms with van der Waals surface area (Å²) in [5.41, 5.74) is 7.05. The summed E-state index contributed by atoms with van der Waals surface area (Å²) in [5.74, 6) is -0.0215. The molecule has 0 aliphatic carbocycles. The lowest BCUT2D eigenvalue weighted by molar-refractivity contribution is 0.197. The van der Waals surface area contributed by atoms with Gasteiger partial charge in [0, 0.05) is 18.9 Å². The molecule has 0 fully saturated rings.